The maximum atomic E-state index is 12.3. The van der Waals surface area contributed by atoms with Gasteiger partial charge < -0.3 is 15.4 Å². The number of urea groups is 1. The fraction of sp³-hybridized carbons (Fsp3) is 0.409. The number of methoxy groups -OCH3 is 1. The van der Waals surface area contributed by atoms with Gasteiger partial charge in [-0.3, -0.25) is 4.98 Å². The molecule has 0 aliphatic heterocycles. The number of rotatable bonds is 5. The van der Waals surface area contributed by atoms with Gasteiger partial charge in [0.15, 0.2) is 5.82 Å². The molecular formula is C22H33Cl2N7O2. The zero-order valence-corrected chi connectivity index (χ0v) is 21.9. The standard InChI is InChI=1S/C16H15Cl2N7O2.3C2H6/c1-9(27-2)14-12(18)7-19-8-13(14)24-16(26)23-10-5-11(17)15(20-6-10)25-21-3-4-22-25;3*1-2/h3-9H,1-2H3,(H2,23,24,26);3*1-2H3. The normalized spacial score (nSPS) is 10.2. The van der Waals surface area contributed by atoms with Crippen molar-refractivity contribution in [1.82, 2.24) is 25.0 Å². The highest BCUT2D eigenvalue weighted by atomic mass is 35.5. The molecule has 3 heterocycles. The molecule has 1 unspecified atom stereocenters. The molecule has 0 spiro atoms. The van der Waals surface area contributed by atoms with Crippen LogP contribution in [0.15, 0.2) is 37.1 Å². The summed E-state index contributed by atoms with van der Waals surface area (Å²) >= 11 is 12.4. The smallest absolute Gasteiger partial charge is 0.323 e. The molecule has 0 saturated carbocycles. The molecule has 182 valence electrons. The lowest BCUT2D eigenvalue weighted by molar-refractivity contribution is 0.120. The Bertz CT molecular complexity index is 954. The van der Waals surface area contributed by atoms with Crippen LogP contribution in [-0.2, 0) is 4.74 Å². The topological polar surface area (TPSA) is 107 Å². The maximum absolute atomic E-state index is 12.3. The Morgan fingerprint density at radius 1 is 0.970 bits per heavy atom. The Kier molecular flexibility index (Phi) is 15.4. The summed E-state index contributed by atoms with van der Waals surface area (Å²) in [6.45, 7) is 13.8. The van der Waals surface area contributed by atoms with Crippen LogP contribution < -0.4 is 10.6 Å². The first-order chi connectivity index (χ1) is 16.0. The number of halogens is 2. The molecule has 0 aliphatic carbocycles. The van der Waals surface area contributed by atoms with Crippen LogP contribution in [0.4, 0.5) is 16.2 Å². The van der Waals surface area contributed by atoms with Gasteiger partial charge in [-0.25, -0.2) is 9.78 Å². The van der Waals surface area contributed by atoms with Crippen molar-refractivity contribution in [2.24, 2.45) is 0 Å². The number of hydrogen-bond acceptors (Lipinski definition) is 6. The first-order valence-electron chi connectivity index (χ1n) is 10.8. The third kappa shape index (κ3) is 8.95. The largest absolute Gasteiger partial charge is 0.377 e. The van der Waals surface area contributed by atoms with Crippen LogP contribution in [0.5, 0.6) is 0 Å². The van der Waals surface area contributed by atoms with E-state index >= 15 is 0 Å². The number of nitrogens with one attached hydrogen (secondary N) is 2. The number of nitrogens with zero attached hydrogens (tertiary/aromatic N) is 5. The molecule has 3 aromatic rings. The molecule has 2 amide bonds. The van der Waals surface area contributed by atoms with Crippen molar-refractivity contribution in [2.45, 2.75) is 54.6 Å². The van der Waals surface area contributed by atoms with Gasteiger partial charge in [-0.05, 0) is 13.0 Å². The van der Waals surface area contributed by atoms with Gasteiger partial charge in [-0.1, -0.05) is 64.7 Å². The number of ether oxygens (including phenoxy) is 1. The predicted molar refractivity (Wildman–Crippen MR) is 136 cm³/mol. The van der Waals surface area contributed by atoms with Gasteiger partial charge in [0.05, 0.1) is 52.3 Å². The SMILES string of the molecule is CC.CC.CC.COC(C)c1c(Cl)cncc1NC(=O)Nc1cnc(-n2nccn2)c(Cl)c1. The van der Waals surface area contributed by atoms with E-state index in [-0.39, 0.29) is 11.1 Å². The molecule has 1 atom stereocenters. The van der Waals surface area contributed by atoms with Gasteiger partial charge in [0, 0.05) is 18.9 Å². The number of aromatic nitrogens is 5. The van der Waals surface area contributed by atoms with Gasteiger partial charge in [0.25, 0.3) is 0 Å². The monoisotopic (exact) mass is 497 g/mol. The number of amides is 2. The summed E-state index contributed by atoms with van der Waals surface area (Å²) in [5.74, 6) is 0.350. The third-order valence-electron chi connectivity index (χ3n) is 3.64. The average Bonchev–Trinajstić information content (AvgIpc) is 3.37. The quantitative estimate of drug-likeness (QED) is 0.401. The van der Waals surface area contributed by atoms with E-state index in [0.717, 1.165) is 0 Å². The molecule has 0 saturated heterocycles. The Morgan fingerprint density at radius 2 is 1.58 bits per heavy atom. The van der Waals surface area contributed by atoms with E-state index in [1.54, 1.807) is 13.2 Å². The van der Waals surface area contributed by atoms with E-state index in [9.17, 15) is 4.79 Å². The summed E-state index contributed by atoms with van der Waals surface area (Å²) in [5, 5.41) is 13.9. The molecule has 0 fully saturated rings. The molecular weight excluding hydrogens is 465 g/mol. The van der Waals surface area contributed by atoms with Crippen molar-refractivity contribution < 1.29 is 9.53 Å². The van der Waals surface area contributed by atoms with Crippen LogP contribution in [0.2, 0.25) is 10.0 Å². The van der Waals surface area contributed by atoms with Gasteiger partial charge in [0.1, 0.15) is 0 Å². The Labute approximate surface area is 205 Å². The highest BCUT2D eigenvalue weighted by Gasteiger charge is 2.17. The van der Waals surface area contributed by atoms with Crippen LogP contribution >= 0.6 is 23.2 Å². The number of carbonyl (C=O) groups is 1. The van der Waals surface area contributed by atoms with E-state index in [4.69, 9.17) is 27.9 Å². The van der Waals surface area contributed by atoms with E-state index in [2.05, 4.69) is 30.8 Å². The summed E-state index contributed by atoms with van der Waals surface area (Å²) in [5.41, 5.74) is 1.45. The highest BCUT2D eigenvalue weighted by Crippen LogP contribution is 2.31. The lowest BCUT2D eigenvalue weighted by Gasteiger charge is -2.17. The second-order valence-electron chi connectivity index (χ2n) is 5.39. The lowest BCUT2D eigenvalue weighted by atomic mass is 10.1. The van der Waals surface area contributed by atoms with Gasteiger partial charge in [0.2, 0.25) is 0 Å². The van der Waals surface area contributed by atoms with Crippen molar-refractivity contribution in [2.75, 3.05) is 17.7 Å². The summed E-state index contributed by atoms with van der Waals surface area (Å²) in [6.07, 6.45) is 7.12. The maximum Gasteiger partial charge on any atom is 0.323 e. The van der Waals surface area contributed by atoms with Gasteiger partial charge >= 0.3 is 6.03 Å². The fourth-order valence-corrected chi connectivity index (χ4v) is 2.89. The number of carbonyl (C=O) groups excluding carboxylic acids is 1. The second-order valence-corrected chi connectivity index (χ2v) is 6.20. The Balaban J connectivity index is 0.00000158. The number of hydrogen-bond donors (Lipinski definition) is 2. The van der Waals surface area contributed by atoms with Crippen molar-refractivity contribution in [3.8, 4) is 5.82 Å². The van der Waals surface area contributed by atoms with Crippen molar-refractivity contribution in [3.05, 3.63) is 52.7 Å². The molecule has 33 heavy (non-hydrogen) atoms. The van der Waals surface area contributed by atoms with Crippen molar-refractivity contribution in [1.29, 1.82) is 0 Å². The van der Waals surface area contributed by atoms with Crippen LogP contribution in [0.25, 0.3) is 5.82 Å². The number of pyridine rings is 2. The predicted octanol–water partition coefficient (Wildman–Crippen LogP) is 6.79. The van der Waals surface area contributed by atoms with Crippen LogP contribution in [0.3, 0.4) is 0 Å². The molecule has 11 heteroatoms. The van der Waals surface area contributed by atoms with Crippen LogP contribution in [0, 0.1) is 0 Å². The average molecular weight is 498 g/mol. The van der Waals surface area contributed by atoms with Crippen LogP contribution in [-0.4, -0.2) is 38.1 Å². The van der Waals surface area contributed by atoms with E-state index in [1.165, 1.54) is 35.8 Å². The van der Waals surface area contributed by atoms with E-state index in [0.29, 0.717) is 27.8 Å². The van der Waals surface area contributed by atoms with Gasteiger partial charge in [-0.15, -0.1) is 4.80 Å². The van der Waals surface area contributed by atoms with Gasteiger partial charge in [-0.2, -0.15) is 10.2 Å². The first-order valence-corrected chi connectivity index (χ1v) is 11.5. The highest BCUT2D eigenvalue weighted by molar-refractivity contribution is 6.32. The molecule has 9 nitrogen and oxygen atoms in total. The lowest BCUT2D eigenvalue weighted by Crippen LogP contribution is -2.21. The first kappa shape index (κ1) is 30.2. The summed E-state index contributed by atoms with van der Waals surface area (Å²) < 4.78 is 5.30. The molecule has 0 aliphatic rings. The second kappa shape index (κ2) is 16.8. The molecule has 0 bridgehead atoms. The molecule has 2 N–H and O–H groups in total. The third-order valence-corrected chi connectivity index (χ3v) is 4.21. The van der Waals surface area contributed by atoms with Crippen molar-refractivity contribution in [3.63, 3.8) is 0 Å². The van der Waals surface area contributed by atoms with E-state index < -0.39 is 6.03 Å². The fourth-order valence-electron chi connectivity index (χ4n) is 2.33. The minimum Gasteiger partial charge on any atom is -0.377 e. The van der Waals surface area contributed by atoms with Crippen molar-refractivity contribution >= 4 is 40.6 Å². The minimum atomic E-state index is -0.508. The van der Waals surface area contributed by atoms with E-state index in [1.807, 2.05) is 48.5 Å². The Morgan fingerprint density at radius 3 is 2.12 bits per heavy atom. The number of anilines is 2. The molecule has 0 radical (unpaired) electrons. The summed E-state index contributed by atoms with van der Waals surface area (Å²) in [6, 6.07) is 1.04. The van der Waals surface area contributed by atoms with Crippen LogP contribution in [0.1, 0.15) is 60.1 Å². The molecule has 3 rings (SSSR count). The molecule has 3 aromatic heterocycles. The minimum absolute atomic E-state index is 0.280. The Hall–Kier alpha value is -2.75. The zero-order chi connectivity index (χ0) is 25.4. The summed E-state index contributed by atoms with van der Waals surface area (Å²) in [7, 11) is 1.55. The summed E-state index contributed by atoms with van der Waals surface area (Å²) in [4.78, 5) is 21.8. The molecule has 0 aromatic carbocycles. The zero-order valence-electron chi connectivity index (χ0n) is 20.3.